The highest BCUT2D eigenvalue weighted by Gasteiger charge is 2.19. The molecule has 1 aliphatic rings. The van der Waals surface area contributed by atoms with Crippen molar-refractivity contribution in [1.29, 1.82) is 0 Å². The van der Waals surface area contributed by atoms with Crippen molar-refractivity contribution >= 4 is 35.1 Å². The number of carbonyl (C=O) groups is 1. The van der Waals surface area contributed by atoms with Crippen LogP contribution in [0.1, 0.15) is 39.3 Å². The number of nitro benzene ring substituents is 1. The second-order valence-electron chi connectivity index (χ2n) is 8.44. The van der Waals surface area contributed by atoms with Crippen LogP contribution in [0, 0.1) is 10.1 Å². The molecule has 1 saturated heterocycles. The lowest BCUT2D eigenvalue weighted by molar-refractivity contribution is -0.384. The van der Waals surface area contributed by atoms with Crippen LogP contribution in [-0.4, -0.2) is 43.2 Å². The second-order valence-corrected chi connectivity index (χ2v) is 8.88. The summed E-state index contributed by atoms with van der Waals surface area (Å²) in [6, 6.07) is 12.7. The number of nitrogens with one attached hydrogen (secondary N) is 2. The van der Waals surface area contributed by atoms with Crippen molar-refractivity contribution in [3.8, 4) is 0 Å². The molecule has 174 valence electrons. The monoisotopic (exact) mass is 462 g/mol. The van der Waals surface area contributed by atoms with Crippen LogP contribution >= 0.6 is 11.6 Å². The van der Waals surface area contributed by atoms with Crippen LogP contribution in [0.5, 0.6) is 0 Å². The molecule has 0 radical (unpaired) electrons. The van der Waals surface area contributed by atoms with Crippen LogP contribution in [0.15, 0.2) is 42.5 Å². The summed E-state index contributed by atoms with van der Waals surface area (Å²) in [6.07, 6.45) is 0. The highest BCUT2D eigenvalue weighted by atomic mass is 35.5. The maximum Gasteiger partial charge on any atom is 0.293 e. The maximum atomic E-state index is 11.4. The van der Waals surface area contributed by atoms with Crippen molar-refractivity contribution in [3.05, 3.63) is 63.2 Å². The molecule has 0 amide bonds. The van der Waals surface area contributed by atoms with E-state index in [0.29, 0.717) is 17.2 Å². The molecule has 3 rings (SSSR count). The van der Waals surface area contributed by atoms with Gasteiger partial charge in [-0.3, -0.25) is 14.9 Å². The zero-order chi connectivity index (χ0) is 23.7. The first-order chi connectivity index (χ1) is 15.1. The summed E-state index contributed by atoms with van der Waals surface area (Å²) in [5.41, 5.74) is 2.26. The van der Waals surface area contributed by atoms with Crippen LogP contribution in [0.2, 0.25) is 5.02 Å². The van der Waals surface area contributed by atoms with Crippen LogP contribution in [0.4, 0.5) is 17.1 Å². The van der Waals surface area contributed by atoms with Crippen LogP contribution < -0.4 is 15.5 Å². The summed E-state index contributed by atoms with van der Waals surface area (Å²) < 4.78 is 4.55. The van der Waals surface area contributed by atoms with Crippen molar-refractivity contribution < 1.29 is 14.5 Å². The minimum absolute atomic E-state index is 0.0766. The summed E-state index contributed by atoms with van der Waals surface area (Å²) in [7, 11) is 0. The molecule has 0 spiro atoms. The summed E-state index contributed by atoms with van der Waals surface area (Å²) in [5.74, 6) is 0. The predicted molar refractivity (Wildman–Crippen MR) is 129 cm³/mol. The first-order valence-corrected chi connectivity index (χ1v) is 10.9. The van der Waals surface area contributed by atoms with Gasteiger partial charge in [-0.15, -0.1) is 0 Å². The van der Waals surface area contributed by atoms with Gasteiger partial charge in [-0.25, -0.2) is 0 Å². The number of ether oxygens (including phenoxy) is 1. The number of nitro groups is 1. The topological polar surface area (TPSA) is 96.7 Å². The largest absolute Gasteiger partial charge is 0.462 e. The van der Waals surface area contributed by atoms with Gasteiger partial charge < -0.3 is 20.3 Å². The van der Waals surface area contributed by atoms with E-state index in [1.807, 2.05) is 64.1 Å². The molecule has 1 unspecified atom stereocenters. The van der Waals surface area contributed by atoms with E-state index in [-0.39, 0.29) is 22.3 Å². The summed E-state index contributed by atoms with van der Waals surface area (Å²) in [4.78, 5) is 22.9. The molecular formula is C23H31ClN4O4. The lowest BCUT2D eigenvalue weighted by Crippen LogP contribution is -2.43. The van der Waals surface area contributed by atoms with Gasteiger partial charge in [0.25, 0.3) is 12.2 Å². The Morgan fingerprint density at radius 3 is 2.44 bits per heavy atom. The average Bonchev–Trinajstić information content (AvgIpc) is 2.74. The van der Waals surface area contributed by atoms with Gasteiger partial charge in [0.15, 0.2) is 0 Å². The third-order valence-corrected chi connectivity index (χ3v) is 5.02. The number of hydrogen-bond acceptors (Lipinski definition) is 7. The van der Waals surface area contributed by atoms with E-state index in [2.05, 4.69) is 20.3 Å². The average molecular weight is 463 g/mol. The molecule has 9 heteroatoms. The summed E-state index contributed by atoms with van der Waals surface area (Å²) in [6.45, 7) is 11.5. The molecule has 0 aliphatic carbocycles. The van der Waals surface area contributed by atoms with E-state index in [1.165, 1.54) is 0 Å². The summed E-state index contributed by atoms with van der Waals surface area (Å²) >= 11 is 6.05. The number of hydrogen-bond donors (Lipinski definition) is 2. The number of piperazine rings is 1. The number of carbonyl (C=O) groups excluding carboxylic acids is 1. The van der Waals surface area contributed by atoms with Gasteiger partial charge >= 0.3 is 0 Å². The van der Waals surface area contributed by atoms with Gasteiger partial charge in [0, 0.05) is 49.0 Å². The number of rotatable bonds is 6. The Labute approximate surface area is 194 Å². The molecule has 0 bridgehead atoms. The number of anilines is 2. The lowest BCUT2D eigenvalue weighted by Gasteiger charge is -2.30. The third kappa shape index (κ3) is 8.01. The molecule has 8 nitrogen and oxygen atoms in total. The number of nitrogens with zero attached hydrogens (tertiary/aromatic N) is 2. The second kappa shape index (κ2) is 11.7. The fourth-order valence-corrected chi connectivity index (χ4v) is 3.35. The fourth-order valence-electron chi connectivity index (χ4n) is 3.16. The summed E-state index contributed by atoms with van der Waals surface area (Å²) in [5, 5.41) is 18.6. The SMILES string of the molecule is CC(C)(C)OC=O.CC(Nc1cc(N2CCNCC2)ccc1[N+](=O)[O-])c1cccc(Cl)c1. The molecular weight excluding hydrogens is 432 g/mol. The van der Waals surface area contributed by atoms with Gasteiger partial charge in [-0.1, -0.05) is 23.7 Å². The Hall–Kier alpha value is -2.84. The van der Waals surface area contributed by atoms with Crippen LogP contribution in [0.25, 0.3) is 0 Å². The van der Waals surface area contributed by atoms with E-state index in [4.69, 9.17) is 11.6 Å². The quantitative estimate of drug-likeness (QED) is 0.362. The number of benzene rings is 2. The molecule has 1 aliphatic heterocycles. The smallest absolute Gasteiger partial charge is 0.293 e. The molecule has 2 aromatic rings. The van der Waals surface area contributed by atoms with Gasteiger partial charge in [0.05, 0.1) is 4.92 Å². The zero-order valence-corrected chi connectivity index (χ0v) is 19.7. The molecule has 0 aromatic heterocycles. The van der Waals surface area contributed by atoms with Crippen molar-refractivity contribution in [2.24, 2.45) is 0 Å². The lowest BCUT2D eigenvalue weighted by atomic mass is 10.1. The van der Waals surface area contributed by atoms with E-state index in [1.54, 1.807) is 6.07 Å². The highest BCUT2D eigenvalue weighted by Crippen LogP contribution is 2.33. The van der Waals surface area contributed by atoms with Gasteiger partial charge in [-0.05, 0) is 57.5 Å². The van der Waals surface area contributed by atoms with Crippen molar-refractivity contribution in [1.82, 2.24) is 5.32 Å². The van der Waals surface area contributed by atoms with E-state index in [0.717, 1.165) is 37.4 Å². The number of halogens is 1. The standard InChI is InChI=1S/C18H21ClN4O2.C5H10O2/c1-13(14-3-2-4-15(19)11-14)21-17-12-16(5-6-18(17)23(24)25)22-9-7-20-8-10-22;1-5(2,3)7-4-6/h2-6,11-13,20-21H,7-10H2,1H3;4H,1-3H3. The van der Waals surface area contributed by atoms with Crippen LogP contribution in [-0.2, 0) is 9.53 Å². The van der Waals surface area contributed by atoms with Crippen LogP contribution in [0.3, 0.4) is 0 Å². The minimum atomic E-state index is -0.353. The molecule has 2 aromatic carbocycles. The Balaban J connectivity index is 0.000000451. The normalized spacial score (nSPS) is 14.6. The van der Waals surface area contributed by atoms with Crippen molar-refractivity contribution in [3.63, 3.8) is 0 Å². The fraction of sp³-hybridized carbons (Fsp3) is 0.435. The molecule has 32 heavy (non-hydrogen) atoms. The Bertz CT molecular complexity index is 911. The Kier molecular flexibility index (Phi) is 9.28. The van der Waals surface area contributed by atoms with Gasteiger partial charge in [0.1, 0.15) is 11.3 Å². The van der Waals surface area contributed by atoms with Crippen molar-refractivity contribution in [2.75, 3.05) is 36.4 Å². The van der Waals surface area contributed by atoms with Gasteiger partial charge in [-0.2, -0.15) is 0 Å². The molecule has 1 atom stereocenters. The third-order valence-electron chi connectivity index (χ3n) is 4.78. The predicted octanol–water partition coefficient (Wildman–Crippen LogP) is 4.79. The molecule has 0 saturated carbocycles. The first-order valence-electron chi connectivity index (χ1n) is 10.5. The zero-order valence-electron chi connectivity index (χ0n) is 18.9. The maximum absolute atomic E-state index is 11.4. The van der Waals surface area contributed by atoms with E-state index >= 15 is 0 Å². The molecule has 2 N–H and O–H groups in total. The van der Waals surface area contributed by atoms with Crippen molar-refractivity contribution in [2.45, 2.75) is 39.3 Å². The van der Waals surface area contributed by atoms with Gasteiger partial charge in [0.2, 0.25) is 0 Å². The first kappa shape index (κ1) is 25.4. The van der Waals surface area contributed by atoms with E-state index in [9.17, 15) is 14.9 Å². The highest BCUT2D eigenvalue weighted by molar-refractivity contribution is 6.30. The molecule has 1 fully saturated rings. The minimum Gasteiger partial charge on any atom is -0.462 e. The molecule has 1 heterocycles. The Morgan fingerprint density at radius 2 is 1.91 bits per heavy atom. The van der Waals surface area contributed by atoms with E-state index < -0.39 is 0 Å². The Morgan fingerprint density at radius 1 is 1.22 bits per heavy atom.